The number of tetrazole rings is 1. The number of carboxylic acid groups (broad SMARTS) is 1. The van der Waals surface area contributed by atoms with Gasteiger partial charge in [0.05, 0.1) is 12.8 Å². The number of nitrogens with zero attached hydrogens (tertiary/aromatic N) is 4. The molecule has 0 bridgehead atoms. The first-order valence-corrected chi connectivity index (χ1v) is 4.84. The monoisotopic (exact) mass is 234 g/mol. The van der Waals surface area contributed by atoms with Crippen LogP contribution >= 0.6 is 0 Å². The van der Waals surface area contributed by atoms with E-state index in [0.29, 0.717) is 11.4 Å². The van der Waals surface area contributed by atoms with Crippen LogP contribution in [0, 0.1) is 0 Å². The van der Waals surface area contributed by atoms with Gasteiger partial charge in [0.25, 0.3) is 0 Å². The first-order valence-electron chi connectivity index (χ1n) is 4.84. The molecule has 88 valence electrons. The van der Waals surface area contributed by atoms with Crippen LogP contribution in [-0.4, -0.2) is 38.4 Å². The van der Waals surface area contributed by atoms with E-state index in [1.165, 1.54) is 4.68 Å². The van der Waals surface area contributed by atoms with Crippen LogP contribution in [0.25, 0.3) is 5.69 Å². The van der Waals surface area contributed by atoms with Gasteiger partial charge in [0, 0.05) is 0 Å². The maximum atomic E-state index is 10.6. The van der Waals surface area contributed by atoms with Gasteiger partial charge in [-0.15, -0.1) is 5.10 Å². The van der Waals surface area contributed by atoms with Gasteiger partial charge in [0.15, 0.2) is 5.82 Å². The van der Waals surface area contributed by atoms with Gasteiger partial charge in [-0.1, -0.05) is 0 Å². The highest BCUT2D eigenvalue weighted by Crippen LogP contribution is 2.14. The number of rotatable bonds is 4. The largest absolute Gasteiger partial charge is 0.497 e. The van der Waals surface area contributed by atoms with Crippen molar-refractivity contribution >= 4 is 5.97 Å². The third-order valence-corrected chi connectivity index (χ3v) is 2.16. The molecule has 0 aliphatic carbocycles. The Balaban J connectivity index is 2.32. The maximum absolute atomic E-state index is 10.6. The highest BCUT2D eigenvalue weighted by Gasteiger charge is 2.11. The second kappa shape index (κ2) is 4.60. The Labute approximate surface area is 96.6 Å². The molecular weight excluding hydrogens is 224 g/mol. The van der Waals surface area contributed by atoms with Crippen molar-refractivity contribution in [2.24, 2.45) is 0 Å². The van der Waals surface area contributed by atoms with Crippen LogP contribution in [-0.2, 0) is 11.2 Å². The van der Waals surface area contributed by atoms with Crippen molar-refractivity contribution in [3.63, 3.8) is 0 Å². The molecule has 0 saturated heterocycles. The Bertz CT molecular complexity index is 521. The van der Waals surface area contributed by atoms with Crippen molar-refractivity contribution in [2.75, 3.05) is 7.11 Å². The Morgan fingerprint density at radius 2 is 2.12 bits per heavy atom. The highest BCUT2D eigenvalue weighted by molar-refractivity contribution is 5.69. The molecule has 0 aliphatic rings. The van der Waals surface area contributed by atoms with Gasteiger partial charge in [-0.25, -0.2) is 0 Å². The Hall–Kier alpha value is -2.44. The van der Waals surface area contributed by atoms with E-state index in [-0.39, 0.29) is 12.2 Å². The van der Waals surface area contributed by atoms with Crippen LogP contribution in [0.5, 0.6) is 5.75 Å². The van der Waals surface area contributed by atoms with E-state index in [2.05, 4.69) is 15.5 Å². The maximum Gasteiger partial charge on any atom is 0.311 e. The zero-order valence-electron chi connectivity index (χ0n) is 9.07. The number of carbonyl (C=O) groups is 1. The summed E-state index contributed by atoms with van der Waals surface area (Å²) < 4.78 is 6.41. The lowest BCUT2D eigenvalue weighted by Crippen LogP contribution is -2.09. The minimum absolute atomic E-state index is 0.223. The molecule has 1 heterocycles. The summed E-state index contributed by atoms with van der Waals surface area (Å²) >= 11 is 0. The van der Waals surface area contributed by atoms with Crippen LogP contribution in [0.15, 0.2) is 24.3 Å². The molecule has 0 atom stereocenters. The summed E-state index contributed by atoms with van der Waals surface area (Å²) in [5.41, 5.74) is 0.687. The number of aromatic nitrogens is 4. The number of benzene rings is 1. The molecule has 1 aromatic heterocycles. The number of carboxylic acids is 1. The molecule has 2 aromatic rings. The predicted molar refractivity (Wildman–Crippen MR) is 57.0 cm³/mol. The third-order valence-electron chi connectivity index (χ3n) is 2.16. The second-order valence-electron chi connectivity index (χ2n) is 3.28. The van der Waals surface area contributed by atoms with Crippen molar-refractivity contribution in [3.8, 4) is 11.4 Å². The molecular formula is C10H10N4O3. The molecule has 1 aromatic carbocycles. The Morgan fingerprint density at radius 3 is 2.71 bits per heavy atom. The van der Waals surface area contributed by atoms with E-state index in [1.807, 2.05) is 0 Å². The zero-order chi connectivity index (χ0) is 12.3. The molecule has 17 heavy (non-hydrogen) atoms. The Morgan fingerprint density at radius 1 is 1.41 bits per heavy atom. The SMILES string of the molecule is COc1ccc(-n2nnnc2CC(=O)O)cc1. The molecule has 7 nitrogen and oxygen atoms in total. The molecule has 0 radical (unpaired) electrons. The van der Waals surface area contributed by atoms with Crippen LogP contribution in [0.2, 0.25) is 0 Å². The lowest BCUT2D eigenvalue weighted by molar-refractivity contribution is -0.136. The smallest absolute Gasteiger partial charge is 0.311 e. The van der Waals surface area contributed by atoms with Gasteiger partial charge < -0.3 is 9.84 Å². The fraction of sp³-hybridized carbons (Fsp3) is 0.200. The van der Waals surface area contributed by atoms with Crippen LogP contribution in [0.1, 0.15) is 5.82 Å². The average Bonchev–Trinajstić information content (AvgIpc) is 2.76. The van der Waals surface area contributed by atoms with Gasteiger partial charge >= 0.3 is 5.97 Å². The minimum atomic E-state index is -0.977. The molecule has 0 saturated carbocycles. The zero-order valence-corrected chi connectivity index (χ0v) is 9.07. The number of hydrogen-bond donors (Lipinski definition) is 1. The number of hydrogen-bond acceptors (Lipinski definition) is 5. The van der Waals surface area contributed by atoms with E-state index in [0.717, 1.165) is 0 Å². The van der Waals surface area contributed by atoms with E-state index in [4.69, 9.17) is 9.84 Å². The number of aliphatic carboxylic acids is 1. The van der Waals surface area contributed by atoms with Gasteiger partial charge in [-0.2, -0.15) is 4.68 Å². The number of methoxy groups -OCH3 is 1. The quantitative estimate of drug-likeness (QED) is 0.818. The van der Waals surface area contributed by atoms with Crippen molar-refractivity contribution in [1.29, 1.82) is 0 Å². The van der Waals surface area contributed by atoms with Crippen LogP contribution in [0.4, 0.5) is 0 Å². The summed E-state index contributed by atoms with van der Waals surface area (Å²) in [6.45, 7) is 0. The fourth-order valence-corrected chi connectivity index (χ4v) is 1.38. The Kier molecular flexibility index (Phi) is 2.99. The van der Waals surface area contributed by atoms with E-state index >= 15 is 0 Å². The van der Waals surface area contributed by atoms with Gasteiger partial charge in [-0.05, 0) is 34.7 Å². The van der Waals surface area contributed by atoms with Crippen LogP contribution in [0.3, 0.4) is 0 Å². The molecule has 0 spiro atoms. The van der Waals surface area contributed by atoms with Gasteiger partial charge in [-0.3, -0.25) is 4.79 Å². The lowest BCUT2D eigenvalue weighted by Gasteiger charge is -2.04. The van der Waals surface area contributed by atoms with Crippen molar-refractivity contribution in [1.82, 2.24) is 20.2 Å². The summed E-state index contributed by atoms with van der Waals surface area (Å²) in [6.07, 6.45) is -0.223. The first kappa shape index (κ1) is 11.1. The van der Waals surface area contributed by atoms with E-state index in [1.54, 1.807) is 31.4 Å². The van der Waals surface area contributed by atoms with Crippen molar-refractivity contribution in [2.45, 2.75) is 6.42 Å². The highest BCUT2D eigenvalue weighted by atomic mass is 16.5. The fourth-order valence-electron chi connectivity index (χ4n) is 1.38. The topological polar surface area (TPSA) is 90.1 Å². The molecule has 0 unspecified atom stereocenters. The summed E-state index contributed by atoms with van der Waals surface area (Å²) in [5, 5.41) is 19.6. The predicted octanol–water partition coefficient (Wildman–Crippen LogP) is 0.298. The molecule has 0 amide bonds. The minimum Gasteiger partial charge on any atom is -0.497 e. The van der Waals surface area contributed by atoms with Crippen molar-refractivity contribution in [3.05, 3.63) is 30.1 Å². The lowest BCUT2D eigenvalue weighted by atomic mass is 10.3. The summed E-state index contributed by atoms with van der Waals surface area (Å²) in [7, 11) is 1.57. The summed E-state index contributed by atoms with van der Waals surface area (Å²) in [4.78, 5) is 10.6. The van der Waals surface area contributed by atoms with Crippen molar-refractivity contribution < 1.29 is 14.6 Å². The second-order valence-corrected chi connectivity index (χ2v) is 3.28. The van der Waals surface area contributed by atoms with Gasteiger partial charge in [0.2, 0.25) is 0 Å². The summed E-state index contributed by atoms with van der Waals surface area (Å²) in [5.74, 6) is 0.0128. The normalized spacial score (nSPS) is 10.2. The number of ether oxygens (including phenoxy) is 1. The molecule has 0 fully saturated rings. The van der Waals surface area contributed by atoms with E-state index in [9.17, 15) is 4.79 Å². The average molecular weight is 234 g/mol. The molecule has 2 rings (SSSR count). The van der Waals surface area contributed by atoms with Gasteiger partial charge in [0.1, 0.15) is 12.2 Å². The molecule has 0 aliphatic heterocycles. The molecule has 1 N–H and O–H groups in total. The first-order chi connectivity index (χ1) is 8.20. The van der Waals surface area contributed by atoms with E-state index < -0.39 is 5.97 Å². The molecule has 7 heteroatoms. The van der Waals surface area contributed by atoms with Crippen LogP contribution < -0.4 is 4.74 Å². The standard InChI is InChI=1S/C10H10N4O3/c1-17-8-4-2-7(3-5-8)14-9(6-10(15)16)11-12-13-14/h2-5H,6H2,1H3,(H,15,16). The third kappa shape index (κ3) is 2.39. The summed E-state index contributed by atoms with van der Waals surface area (Å²) in [6, 6.07) is 7.00.